The molecule has 3 rings (SSSR count). The monoisotopic (exact) mass is 470 g/mol. The van der Waals surface area contributed by atoms with Gasteiger partial charge < -0.3 is 15.4 Å². The van der Waals surface area contributed by atoms with Crippen molar-refractivity contribution < 1.29 is 14.3 Å². The summed E-state index contributed by atoms with van der Waals surface area (Å²) in [6, 6.07) is 15.2. The molecule has 3 aromatic rings. The zero-order chi connectivity index (χ0) is 22.9. The van der Waals surface area contributed by atoms with Crippen LogP contribution in [0.2, 0.25) is 5.02 Å². The maximum Gasteiger partial charge on any atom is 0.271 e. The summed E-state index contributed by atoms with van der Waals surface area (Å²) in [6.07, 6.45) is 1.52. The number of hydrogen-bond acceptors (Lipinski definition) is 6. The summed E-state index contributed by atoms with van der Waals surface area (Å²) in [6.45, 7) is 2.18. The topological polar surface area (TPSA) is 93.2 Å². The van der Waals surface area contributed by atoms with Crippen molar-refractivity contribution in [2.45, 2.75) is 24.3 Å². The Bertz CT molecular complexity index is 1080. The fourth-order valence-corrected chi connectivity index (χ4v) is 3.63. The summed E-state index contributed by atoms with van der Waals surface area (Å²) >= 11 is 7.53. The molecule has 0 spiro atoms. The quantitative estimate of drug-likeness (QED) is 0.353. The lowest BCUT2D eigenvalue weighted by Crippen LogP contribution is -2.28. The second kappa shape index (κ2) is 11.5. The largest absolute Gasteiger partial charge is 0.497 e. The highest BCUT2D eigenvalue weighted by Crippen LogP contribution is 2.22. The van der Waals surface area contributed by atoms with Gasteiger partial charge in [0.15, 0.2) is 10.9 Å². The lowest BCUT2D eigenvalue weighted by atomic mass is 10.2. The van der Waals surface area contributed by atoms with Crippen LogP contribution in [0, 0.1) is 6.92 Å². The van der Waals surface area contributed by atoms with E-state index in [1.54, 1.807) is 31.4 Å². The first-order chi connectivity index (χ1) is 15.4. The van der Waals surface area contributed by atoms with Crippen molar-refractivity contribution >= 4 is 40.9 Å². The number of carbonyl (C=O) groups excluding carboxylic acids is 2. The number of aromatic nitrogens is 2. The van der Waals surface area contributed by atoms with Gasteiger partial charge in [-0.1, -0.05) is 53.2 Å². The van der Waals surface area contributed by atoms with Crippen LogP contribution in [0.25, 0.3) is 0 Å². The number of halogens is 1. The first kappa shape index (κ1) is 23.6. The standard InChI is InChI=1S/C23H23ClN4O3S/c1-15-3-5-16(6-4-15)14-32-23-26-13-19(24)21(28-23)22(30)25-12-11-20(29)27-17-7-9-18(31-2)10-8-17/h3-10,13H,11-12,14H2,1-2H3,(H,25,30)(H,27,29). The normalized spacial score (nSPS) is 10.5. The first-order valence-corrected chi connectivity index (χ1v) is 11.2. The van der Waals surface area contributed by atoms with Crippen molar-refractivity contribution in [1.29, 1.82) is 0 Å². The van der Waals surface area contributed by atoms with E-state index in [4.69, 9.17) is 16.3 Å². The molecule has 0 bridgehead atoms. The van der Waals surface area contributed by atoms with Gasteiger partial charge >= 0.3 is 0 Å². The number of aryl methyl sites for hydroxylation is 1. The van der Waals surface area contributed by atoms with Gasteiger partial charge in [-0.15, -0.1) is 0 Å². The van der Waals surface area contributed by atoms with Crippen molar-refractivity contribution in [3.8, 4) is 5.75 Å². The summed E-state index contributed by atoms with van der Waals surface area (Å²) in [5, 5.41) is 6.05. The molecule has 1 aromatic heterocycles. The molecule has 0 aliphatic carbocycles. The van der Waals surface area contributed by atoms with Crippen LogP contribution < -0.4 is 15.4 Å². The zero-order valence-corrected chi connectivity index (χ0v) is 19.3. The zero-order valence-electron chi connectivity index (χ0n) is 17.7. The lowest BCUT2D eigenvalue weighted by Gasteiger charge is -2.09. The number of nitrogens with zero attached hydrogens (tertiary/aromatic N) is 2. The molecule has 0 aliphatic rings. The van der Waals surface area contributed by atoms with Crippen LogP contribution in [0.15, 0.2) is 59.9 Å². The molecule has 0 unspecified atom stereocenters. The van der Waals surface area contributed by atoms with Gasteiger partial charge in [0.25, 0.3) is 5.91 Å². The van der Waals surface area contributed by atoms with Crippen molar-refractivity contribution in [1.82, 2.24) is 15.3 Å². The van der Waals surface area contributed by atoms with E-state index in [1.165, 1.54) is 23.5 Å². The van der Waals surface area contributed by atoms with E-state index in [1.807, 2.05) is 31.2 Å². The second-order valence-corrected chi connectivity index (χ2v) is 8.26. The molecule has 2 N–H and O–H groups in total. The van der Waals surface area contributed by atoms with Gasteiger partial charge in [-0.2, -0.15) is 0 Å². The Hall–Kier alpha value is -3.10. The number of anilines is 1. The van der Waals surface area contributed by atoms with Gasteiger partial charge in [0.1, 0.15) is 5.75 Å². The smallest absolute Gasteiger partial charge is 0.271 e. The van der Waals surface area contributed by atoms with E-state index < -0.39 is 5.91 Å². The Balaban J connectivity index is 1.49. The molecule has 7 nitrogen and oxygen atoms in total. The van der Waals surface area contributed by atoms with Gasteiger partial charge in [-0.3, -0.25) is 9.59 Å². The average Bonchev–Trinajstić information content (AvgIpc) is 2.80. The molecular weight excluding hydrogens is 448 g/mol. The molecule has 0 fully saturated rings. The molecule has 0 radical (unpaired) electrons. The van der Waals surface area contributed by atoms with Gasteiger partial charge in [0.2, 0.25) is 5.91 Å². The minimum absolute atomic E-state index is 0.0867. The Morgan fingerprint density at radius 2 is 1.81 bits per heavy atom. The lowest BCUT2D eigenvalue weighted by molar-refractivity contribution is -0.116. The summed E-state index contributed by atoms with van der Waals surface area (Å²) in [7, 11) is 1.58. The molecular formula is C23H23ClN4O3S. The predicted molar refractivity (Wildman–Crippen MR) is 126 cm³/mol. The summed E-state index contributed by atoms with van der Waals surface area (Å²) in [4.78, 5) is 33.1. The highest BCUT2D eigenvalue weighted by molar-refractivity contribution is 7.98. The van der Waals surface area contributed by atoms with E-state index in [2.05, 4.69) is 20.6 Å². The molecule has 0 atom stereocenters. The average molecular weight is 471 g/mol. The maximum atomic E-state index is 12.5. The summed E-state index contributed by atoms with van der Waals surface area (Å²) in [5.74, 6) is 0.702. The number of methoxy groups -OCH3 is 1. The van der Waals surface area contributed by atoms with Crippen LogP contribution >= 0.6 is 23.4 Å². The van der Waals surface area contributed by atoms with Crippen molar-refractivity contribution in [2.24, 2.45) is 0 Å². The van der Waals surface area contributed by atoms with Crippen LogP contribution in [-0.2, 0) is 10.5 Å². The molecule has 2 amide bonds. The maximum absolute atomic E-state index is 12.5. The van der Waals surface area contributed by atoms with Gasteiger partial charge in [0, 0.05) is 24.4 Å². The van der Waals surface area contributed by atoms with Crippen molar-refractivity contribution in [2.75, 3.05) is 19.0 Å². The third kappa shape index (κ3) is 6.96. The van der Waals surface area contributed by atoms with Gasteiger partial charge in [-0.25, -0.2) is 9.97 Å². The van der Waals surface area contributed by atoms with Crippen molar-refractivity contribution in [3.63, 3.8) is 0 Å². The Morgan fingerprint density at radius 1 is 1.09 bits per heavy atom. The van der Waals surface area contributed by atoms with Crippen LogP contribution in [0.4, 0.5) is 5.69 Å². The van der Waals surface area contributed by atoms with E-state index >= 15 is 0 Å². The number of thioether (sulfide) groups is 1. The van der Waals surface area contributed by atoms with Crippen molar-refractivity contribution in [3.05, 3.63) is 76.6 Å². The SMILES string of the molecule is COc1ccc(NC(=O)CCNC(=O)c2nc(SCc3ccc(C)cc3)ncc2Cl)cc1. The Kier molecular flexibility index (Phi) is 8.47. The third-order valence-corrected chi connectivity index (χ3v) is 5.65. The van der Waals surface area contributed by atoms with Gasteiger partial charge in [0.05, 0.1) is 18.3 Å². The number of ether oxygens (including phenoxy) is 1. The molecule has 2 aromatic carbocycles. The number of amides is 2. The Labute approximate surface area is 196 Å². The predicted octanol–water partition coefficient (Wildman–Crippen LogP) is 4.50. The summed E-state index contributed by atoms with van der Waals surface area (Å²) < 4.78 is 5.08. The van der Waals surface area contributed by atoms with E-state index in [0.717, 1.165) is 5.56 Å². The van der Waals surface area contributed by atoms with E-state index in [0.29, 0.717) is 22.3 Å². The fraction of sp³-hybridized carbons (Fsp3) is 0.217. The number of hydrogen-bond donors (Lipinski definition) is 2. The number of benzene rings is 2. The molecule has 0 aliphatic heterocycles. The highest BCUT2D eigenvalue weighted by Gasteiger charge is 2.15. The van der Waals surface area contributed by atoms with Crippen LogP contribution in [-0.4, -0.2) is 35.4 Å². The molecule has 1 heterocycles. The number of nitrogens with one attached hydrogen (secondary N) is 2. The number of rotatable bonds is 9. The molecule has 0 saturated heterocycles. The van der Waals surface area contributed by atoms with E-state index in [-0.39, 0.29) is 29.6 Å². The summed E-state index contributed by atoms with van der Waals surface area (Å²) in [5.41, 5.74) is 3.06. The minimum atomic E-state index is -0.452. The molecule has 32 heavy (non-hydrogen) atoms. The van der Waals surface area contributed by atoms with Crippen LogP contribution in [0.1, 0.15) is 28.0 Å². The van der Waals surface area contributed by atoms with Crippen LogP contribution in [0.3, 0.4) is 0 Å². The Morgan fingerprint density at radius 3 is 2.50 bits per heavy atom. The number of carbonyl (C=O) groups is 2. The fourth-order valence-electron chi connectivity index (χ4n) is 2.68. The molecule has 166 valence electrons. The van der Waals surface area contributed by atoms with E-state index in [9.17, 15) is 9.59 Å². The highest BCUT2D eigenvalue weighted by atomic mass is 35.5. The van der Waals surface area contributed by atoms with Crippen LogP contribution in [0.5, 0.6) is 5.75 Å². The molecule has 9 heteroatoms. The third-order valence-electron chi connectivity index (χ3n) is 4.44. The first-order valence-electron chi connectivity index (χ1n) is 9.87. The van der Waals surface area contributed by atoms with Gasteiger partial charge in [-0.05, 0) is 36.8 Å². The minimum Gasteiger partial charge on any atom is -0.497 e. The second-order valence-electron chi connectivity index (χ2n) is 6.91. The molecule has 0 saturated carbocycles.